The molecule has 0 saturated carbocycles. The normalized spacial score (nSPS) is 10.3. The Kier molecular flexibility index (Phi) is 2.92. The Bertz CT molecular complexity index is 711. The molecule has 0 heterocycles. The summed E-state index contributed by atoms with van der Waals surface area (Å²) in [6.07, 6.45) is 0. The van der Waals surface area contributed by atoms with E-state index in [0.29, 0.717) is 5.39 Å². The van der Waals surface area contributed by atoms with E-state index < -0.39 is 17.9 Å². The first-order chi connectivity index (χ1) is 8.90. The molecule has 0 bridgehead atoms. The number of fused-ring (bicyclic) bond motifs is 1. The second-order valence-electron chi connectivity index (χ2n) is 3.88. The summed E-state index contributed by atoms with van der Waals surface area (Å²) < 4.78 is 0. The molecule has 3 N–H and O–H groups in total. The van der Waals surface area contributed by atoms with Gasteiger partial charge in [0.05, 0.1) is 16.7 Å². The highest BCUT2D eigenvalue weighted by atomic mass is 16.4. The Morgan fingerprint density at radius 2 is 1.32 bits per heavy atom. The molecule has 2 rings (SSSR count). The Morgan fingerprint density at radius 3 is 1.84 bits per heavy atom. The molecule has 96 valence electrons. The molecule has 6 heteroatoms. The molecule has 0 unspecified atom stereocenters. The van der Waals surface area contributed by atoms with E-state index in [1.807, 2.05) is 0 Å². The van der Waals surface area contributed by atoms with Crippen LogP contribution in [0.3, 0.4) is 0 Å². The van der Waals surface area contributed by atoms with Gasteiger partial charge in [0.2, 0.25) is 0 Å². The maximum absolute atomic E-state index is 11.1. The molecule has 0 aliphatic heterocycles. The molecule has 19 heavy (non-hydrogen) atoms. The third-order valence-corrected chi connectivity index (χ3v) is 2.68. The van der Waals surface area contributed by atoms with Gasteiger partial charge >= 0.3 is 17.9 Å². The lowest BCUT2D eigenvalue weighted by molar-refractivity contribution is 0.0684. The minimum Gasteiger partial charge on any atom is -0.478 e. The third-order valence-electron chi connectivity index (χ3n) is 2.68. The van der Waals surface area contributed by atoms with Crippen molar-refractivity contribution < 1.29 is 29.7 Å². The molecular formula is C13H8O6. The van der Waals surface area contributed by atoms with Gasteiger partial charge in [0.15, 0.2) is 0 Å². The zero-order chi connectivity index (χ0) is 14.2. The third kappa shape index (κ3) is 2.23. The number of carbonyl (C=O) groups is 3. The first-order valence-corrected chi connectivity index (χ1v) is 5.18. The zero-order valence-electron chi connectivity index (χ0n) is 9.45. The highest BCUT2D eigenvalue weighted by Gasteiger charge is 2.15. The van der Waals surface area contributed by atoms with Crippen LogP contribution in [-0.2, 0) is 0 Å². The standard InChI is InChI=1S/C13H8O6/c14-11(15)6-1-2-9-7(3-6)4-8(12(16)17)5-10(9)13(18)19/h1-5H,(H,14,15)(H,16,17)(H,18,19). The minimum absolute atomic E-state index is 0.0358. The zero-order valence-corrected chi connectivity index (χ0v) is 9.45. The molecule has 0 fully saturated rings. The van der Waals surface area contributed by atoms with Crippen LogP contribution in [0.5, 0.6) is 0 Å². The molecule has 2 aromatic carbocycles. The molecule has 0 spiro atoms. The van der Waals surface area contributed by atoms with Crippen LogP contribution in [0.1, 0.15) is 31.1 Å². The lowest BCUT2D eigenvalue weighted by Gasteiger charge is -2.06. The number of carboxylic acids is 3. The summed E-state index contributed by atoms with van der Waals surface area (Å²) in [7, 11) is 0. The maximum atomic E-state index is 11.1. The lowest BCUT2D eigenvalue weighted by atomic mass is 9.99. The minimum atomic E-state index is -1.27. The second kappa shape index (κ2) is 4.41. The van der Waals surface area contributed by atoms with Gasteiger partial charge in [-0.05, 0) is 35.0 Å². The Balaban J connectivity index is 2.83. The van der Waals surface area contributed by atoms with Crippen LogP contribution in [0.2, 0.25) is 0 Å². The quantitative estimate of drug-likeness (QED) is 0.777. The van der Waals surface area contributed by atoms with Crippen molar-refractivity contribution in [1.29, 1.82) is 0 Å². The number of hydrogen-bond acceptors (Lipinski definition) is 3. The lowest BCUT2D eigenvalue weighted by Crippen LogP contribution is -2.04. The second-order valence-corrected chi connectivity index (χ2v) is 3.88. The van der Waals surface area contributed by atoms with E-state index in [1.54, 1.807) is 0 Å². The molecule has 0 aliphatic carbocycles. The molecule has 6 nitrogen and oxygen atoms in total. The van der Waals surface area contributed by atoms with Gasteiger partial charge in [0.25, 0.3) is 0 Å². The largest absolute Gasteiger partial charge is 0.478 e. The summed E-state index contributed by atoms with van der Waals surface area (Å²) in [5.41, 5.74) is -0.411. The van der Waals surface area contributed by atoms with Gasteiger partial charge in [-0.25, -0.2) is 14.4 Å². The van der Waals surface area contributed by atoms with Crippen molar-refractivity contribution in [3.63, 3.8) is 0 Å². The van der Waals surface area contributed by atoms with E-state index in [0.717, 1.165) is 6.07 Å². The van der Waals surface area contributed by atoms with E-state index >= 15 is 0 Å². The summed E-state index contributed by atoms with van der Waals surface area (Å²) in [5, 5.41) is 27.4. The van der Waals surface area contributed by atoms with Crippen molar-refractivity contribution >= 4 is 28.7 Å². The van der Waals surface area contributed by atoms with Crippen LogP contribution in [-0.4, -0.2) is 33.2 Å². The van der Waals surface area contributed by atoms with Crippen molar-refractivity contribution in [1.82, 2.24) is 0 Å². The van der Waals surface area contributed by atoms with E-state index in [9.17, 15) is 14.4 Å². The fraction of sp³-hybridized carbons (Fsp3) is 0. The van der Waals surface area contributed by atoms with Gasteiger partial charge in [0, 0.05) is 0 Å². The first-order valence-electron chi connectivity index (χ1n) is 5.18. The number of carboxylic acid groups (broad SMARTS) is 3. The van der Waals surface area contributed by atoms with E-state index in [-0.39, 0.29) is 22.1 Å². The van der Waals surface area contributed by atoms with Crippen LogP contribution in [0, 0.1) is 0 Å². The molecule has 2 aromatic rings. The van der Waals surface area contributed by atoms with Crippen molar-refractivity contribution in [2.75, 3.05) is 0 Å². The van der Waals surface area contributed by atoms with Gasteiger partial charge in [-0.15, -0.1) is 0 Å². The molecule has 0 aliphatic rings. The summed E-state index contributed by atoms with van der Waals surface area (Å²) in [5.74, 6) is -3.71. The monoisotopic (exact) mass is 260 g/mol. The fourth-order valence-corrected chi connectivity index (χ4v) is 1.80. The Labute approximate surface area is 106 Å². The van der Waals surface area contributed by atoms with Gasteiger partial charge in [-0.2, -0.15) is 0 Å². The molecule has 0 atom stereocenters. The molecule has 0 radical (unpaired) electrons. The van der Waals surface area contributed by atoms with Crippen LogP contribution in [0.15, 0.2) is 30.3 Å². The van der Waals surface area contributed by atoms with Crippen LogP contribution < -0.4 is 0 Å². The highest BCUT2D eigenvalue weighted by molar-refractivity contribution is 6.08. The number of hydrogen-bond donors (Lipinski definition) is 3. The van der Waals surface area contributed by atoms with Crippen molar-refractivity contribution in [2.45, 2.75) is 0 Å². The van der Waals surface area contributed by atoms with Gasteiger partial charge in [0.1, 0.15) is 0 Å². The summed E-state index contributed by atoms with van der Waals surface area (Å²) in [6.45, 7) is 0. The maximum Gasteiger partial charge on any atom is 0.336 e. The predicted octanol–water partition coefficient (Wildman–Crippen LogP) is 1.93. The van der Waals surface area contributed by atoms with E-state index in [4.69, 9.17) is 15.3 Å². The molecular weight excluding hydrogens is 252 g/mol. The SMILES string of the molecule is O=C(O)c1ccc2c(C(=O)O)cc(C(=O)O)cc2c1. The van der Waals surface area contributed by atoms with Crippen LogP contribution in [0.25, 0.3) is 10.8 Å². The fourth-order valence-electron chi connectivity index (χ4n) is 1.80. The van der Waals surface area contributed by atoms with Crippen molar-refractivity contribution in [3.8, 4) is 0 Å². The number of benzene rings is 2. The van der Waals surface area contributed by atoms with E-state index in [2.05, 4.69) is 0 Å². The van der Waals surface area contributed by atoms with Crippen LogP contribution in [0.4, 0.5) is 0 Å². The summed E-state index contributed by atoms with van der Waals surface area (Å²) in [4.78, 5) is 32.9. The topological polar surface area (TPSA) is 112 Å². The summed E-state index contributed by atoms with van der Waals surface area (Å²) >= 11 is 0. The average Bonchev–Trinajstić information content (AvgIpc) is 2.36. The summed E-state index contributed by atoms with van der Waals surface area (Å²) in [6, 6.07) is 6.17. The first kappa shape index (κ1) is 12.6. The van der Waals surface area contributed by atoms with Gasteiger partial charge in [-0.1, -0.05) is 6.07 Å². The smallest absolute Gasteiger partial charge is 0.336 e. The highest BCUT2D eigenvalue weighted by Crippen LogP contribution is 2.23. The van der Waals surface area contributed by atoms with Gasteiger partial charge < -0.3 is 15.3 Å². The predicted molar refractivity (Wildman–Crippen MR) is 64.8 cm³/mol. The number of rotatable bonds is 3. The Morgan fingerprint density at radius 1 is 0.737 bits per heavy atom. The number of aromatic carboxylic acids is 3. The van der Waals surface area contributed by atoms with Gasteiger partial charge in [-0.3, -0.25) is 0 Å². The van der Waals surface area contributed by atoms with Crippen molar-refractivity contribution in [3.05, 3.63) is 47.0 Å². The van der Waals surface area contributed by atoms with Crippen LogP contribution >= 0.6 is 0 Å². The van der Waals surface area contributed by atoms with E-state index in [1.165, 1.54) is 24.3 Å². The molecule has 0 saturated heterocycles. The Hall–Kier alpha value is -2.89. The average molecular weight is 260 g/mol. The molecule has 0 amide bonds. The van der Waals surface area contributed by atoms with Crippen molar-refractivity contribution in [2.24, 2.45) is 0 Å². The molecule has 0 aromatic heterocycles.